The number of benzene rings is 4. The number of rotatable bonds is 3. The Morgan fingerprint density at radius 3 is 2.23 bits per heavy atom. The van der Waals surface area contributed by atoms with Crippen LogP contribution in [0.2, 0.25) is 0 Å². The van der Waals surface area contributed by atoms with E-state index in [1.807, 2.05) is 29.6 Å². The molecule has 0 bridgehead atoms. The molecule has 0 saturated carbocycles. The van der Waals surface area contributed by atoms with Crippen LogP contribution in [0.3, 0.4) is 0 Å². The Kier molecular flexibility index (Phi) is 3.30. The molecule has 0 atom stereocenters. The molecule has 5 rings (SSSR count). The first-order chi connectivity index (χ1) is 12.7. The van der Waals surface area contributed by atoms with Gasteiger partial charge in [0.2, 0.25) is 0 Å². The van der Waals surface area contributed by atoms with Gasteiger partial charge in [0.05, 0.1) is 4.88 Å². The smallest absolute Gasteiger partial charge is 0.199 e. The Labute approximate surface area is 154 Å². The van der Waals surface area contributed by atoms with Crippen LogP contribution in [0.1, 0.15) is 15.2 Å². The van der Waals surface area contributed by atoms with Gasteiger partial charge in [-0.3, -0.25) is 4.79 Å². The largest absolute Gasteiger partial charge is 0.507 e. The van der Waals surface area contributed by atoms with Crippen molar-refractivity contribution in [1.82, 2.24) is 0 Å². The zero-order valence-electron chi connectivity index (χ0n) is 13.8. The fourth-order valence-electron chi connectivity index (χ4n) is 3.65. The maximum absolute atomic E-state index is 12.3. The first-order valence-corrected chi connectivity index (χ1v) is 9.26. The Morgan fingerprint density at radius 1 is 0.808 bits per heavy atom. The summed E-state index contributed by atoms with van der Waals surface area (Å²) in [6, 6.07) is 22.1. The van der Waals surface area contributed by atoms with Crippen LogP contribution in [-0.2, 0) is 0 Å². The predicted octanol–water partition coefficient (Wildman–Crippen LogP) is 6.43. The van der Waals surface area contributed by atoms with Gasteiger partial charge in [-0.15, -0.1) is 11.3 Å². The van der Waals surface area contributed by atoms with E-state index < -0.39 is 0 Å². The quantitative estimate of drug-likeness (QED) is 0.175. The van der Waals surface area contributed by atoms with E-state index in [2.05, 4.69) is 36.4 Å². The highest BCUT2D eigenvalue weighted by atomic mass is 32.1. The summed E-state index contributed by atoms with van der Waals surface area (Å²) in [7, 11) is 0. The Balaban J connectivity index is 1.77. The predicted molar refractivity (Wildman–Crippen MR) is 109 cm³/mol. The average Bonchev–Trinajstić information content (AvgIpc) is 3.21. The number of aliphatic hydroxyl groups is 1. The standard InChI is InChI=1S/C23H14O2S/c24-19(13-20(25)21-5-2-12-26-21)17-10-8-16-7-6-14-3-1-4-15-9-11-18(17)23(16)22(14)15/h1-13,24H/b19-13-. The van der Waals surface area contributed by atoms with Crippen LogP contribution in [-0.4, -0.2) is 10.9 Å². The van der Waals surface area contributed by atoms with Crippen molar-refractivity contribution in [3.05, 3.63) is 88.6 Å². The maximum Gasteiger partial charge on any atom is 0.199 e. The van der Waals surface area contributed by atoms with Crippen molar-refractivity contribution in [2.45, 2.75) is 0 Å². The highest BCUT2D eigenvalue weighted by Gasteiger charge is 2.14. The summed E-state index contributed by atoms with van der Waals surface area (Å²) in [5.74, 6) is -0.176. The summed E-state index contributed by atoms with van der Waals surface area (Å²) in [5, 5.41) is 19.3. The molecule has 1 heterocycles. The molecule has 0 radical (unpaired) electrons. The van der Waals surface area contributed by atoms with Crippen LogP contribution >= 0.6 is 11.3 Å². The molecule has 0 fully saturated rings. The lowest BCUT2D eigenvalue weighted by molar-refractivity contribution is 0.105. The Hall–Kier alpha value is -3.17. The molecule has 0 aliphatic rings. The lowest BCUT2D eigenvalue weighted by atomic mass is 9.91. The minimum Gasteiger partial charge on any atom is -0.507 e. The molecule has 26 heavy (non-hydrogen) atoms. The van der Waals surface area contributed by atoms with Crippen LogP contribution in [0.5, 0.6) is 0 Å². The number of carbonyl (C=O) groups excluding carboxylic acids is 1. The third-order valence-corrected chi connectivity index (χ3v) is 5.72. The van der Waals surface area contributed by atoms with Gasteiger partial charge in [-0.25, -0.2) is 0 Å². The van der Waals surface area contributed by atoms with E-state index in [0.717, 1.165) is 16.2 Å². The van der Waals surface area contributed by atoms with Crippen molar-refractivity contribution in [3.8, 4) is 0 Å². The minimum atomic E-state index is -0.178. The third kappa shape index (κ3) is 2.21. The summed E-state index contributed by atoms with van der Waals surface area (Å²) < 4.78 is 0. The summed E-state index contributed by atoms with van der Waals surface area (Å²) in [5.41, 5.74) is 0.681. The van der Waals surface area contributed by atoms with Crippen molar-refractivity contribution < 1.29 is 9.90 Å². The summed E-state index contributed by atoms with van der Waals surface area (Å²) >= 11 is 1.37. The number of hydrogen-bond acceptors (Lipinski definition) is 3. The van der Waals surface area contributed by atoms with Gasteiger partial charge in [-0.1, -0.05) is 60.7 Å². The van der Waals surface area contributed by atoms with Gasteiger partial charge in [0.15, 0.2) is 5.78 Å². The van der Waals surface area contributed by atoms with E-state index in [1.54, 1.807) is 6.07 Å². The van der Waals surface area contributed by atoms with Gasteiger partial charge in [0.25, 0.3) is 0 Å². The zero-order valence-corrected chi connectivity index (χ0v) is 14.6. The SMILES string of the molecule is O=C(/C=C(\O)c1ccc2ccc3cccc4ccc1c2c34)c1cccs1. The second kappa shape index (κ2) is 5.68. The van der Waals surface area contributed by atoms with E-state index >= 15 is 0 Å². The molecule has 0 unspecified atom stereocenters. The number of ketones is 1. The monoisotopic (exact) mass is 354 g/mol. The molecule has 1 N–H and O–H groups in total. The van der Waals surface area contributed by atoms with Gasteiger partial charge in [-0.05, 0) is 43.8 Å². The number of hydrogen-bond donors (Lipinski definition) is 1. The molecule has 3 heteroatoms. The van der Waals surface area contributed by atoms with E-state index in [4.69, 9.17) is 0 Å². The van der Waals surface area contributed by atoms with Crippen LogP contribution in [0.4, 0.5) is 0 Å². The second-order valence-electron chi connectivity index (χ2n) is 6.34. The highest BCUT2D eigenvalue weighted by Crippen LogP contribution is 2.37. The molecule has 2 nitrogen and oxygen atoms in total. The molecule has 0 aliphatic carbocycles. The van der Waals surface area contributed by atoms with E-state index in [0.29, 0.717) is 10.4 Å². The van der Waals surface area contributed by atoms with E-state index in [-0.39, 0.29) is 11.5 Å². The van der Waals surface area contributed by atoms with Gasteiger partial charge >= 0.3 is 0 Å². The molecule has 1 aromatic heterocycles. The topological polar surface area (TPSA) is 37.3 Å². The van der Waals surface area contributed by atoms with Gasteiger partial charge < -0.3 is 5.11 Å². The number of thiophene rings is 1. The summed E-state index contributed by atoms with van der Waals surface area (Å²) in [6.45, 7) is 0. The summed E-state index contributed by atoms with van der Waals surface area (Å²) in [4.78, 5) is 13.0. The number of allylic oxidation sites excluding steroid dienone is 1. The molecule has 4 aromatic carbocycles. The Morgan fingerprint density at radius 2 is 1.50 bits per heavy atom. The third-order valence-electron chi connectivity index (χ3n) is 4.84. The van der Waals surface area contributed by atoms with Crippen LogP contribution in [0.25, 0.3) is 38.1 Å². The first kappa shape index (κ1) is 15.1. The normalized spacial score (nSPS) is 12.4. The number of aliphatic hydroxyl groups excluding tert-OH is 1. The Bertz CT molecular complexity index is 1280. The molecule has 0 aliphatic heterocycles. The fraction of sp³-hybridized carbons (Fsp3) is 0. The molecule has 0 spiro atoms. The van der Waals surface area contributed by atoms with Gasteiger partial charge in [-0.2, -0.15) is 0 Å². The minimum absolute atomic E-state index is 0.00124. The van der Waals surface area contributed by atoms with Crippen molar-refractivity contribution in [3.63, 3.8) is 0 Å². The van der Waals surface area contributed by atoms with Crippen molar-refractivity contribution >= 4 is 55.2 Å². The lowest BCUT2D eigenvalue weighted by Crippen LogP contribution is -1.95. The maximum atomic E-state index is 12.3. The summed E-state index contributed by atoms with van der Waals surface area (Å²) in [6.07, 6.45) is 1.32. The van der Waals surface area contributed by atoms with E-state index in [1.165, 1.54) is 33.6 Å². The number of carbonyl (C=O) groups is 1. The van der Waals surface area contributed by atoms with Crippen LogP contribution in [0, 0.1) is 0 Å². The second-order valence-corrected chi connectivity index (χ2v) is 7.29. The van der Waals surface area contributed by atoms with Crippen LogP contribution < -0.4 is 0 Å². The van der Waals surface area contributed by atoms with Crippen molar-refractivity contribution in [2.24, 2.45) is 0 Å². The zero-order chi connectivity index (χ0) is 17.7. The van der Waals surface area contributed by atoms with Crippen LogP contribution in [0.15, 0.2) is 78.2 Å². The van der Waals surface area contributed by atoms with Gasteiger partial charge in [0, 0.05) is 11.6 Å². The molecular weight excluding hydrogens is 340 g/mol. The highest BCUT2D eigenvalue weighted by molar-refractivity contribution is 7.12. The van der Waals surface area contributed by atoms with E-state index in [9.17, 15) is 9.90 Å². The molecule has 0 saturated heterocycles. The first-order valence-electron chi connectivity index (χ1n) is 8.38. The average molecular weight is 354 g/mol. The van der Waals surface area contributed by atoms with Crippen molar-refractivity contribution in [2.75, 3.05) is 0 Å². The molecule has 124 valence electrons. The lowest BCUT2D eigenvalue weighted by Gasteiger charge is -2.13. The fourth-order valence-corrected chi connectivity index (χ4v) is 4.29. The molecule has 5 aromatic rings. The molecular formula is C23H14O2S. The van der Waals surface area contributed by atoms with Gasteiger partial charge in [0.1, 0.15) is 5.76 Å². The molecule has 0 amide bonds. The van der Waals surface area contributed by atoms with Crippen molar-refractivity contribution in [1.29, 1.82) is 0 Å².